The van der Waals surface area contributed by atoms with Crippen molar-refractivity contribution in [2.45, 2.75) is 13.8 Å². The van der Waals surface area contributed by atoms with Gasteiger partial charge in [-0.25, -0.2) is 0 Å². The lowest BCUT2D eigenvalue weighted by Crippen LogP contribution is -1.84. The summed E-state index contributed by atoms with van der Waals surface area (Å²) in [6.45, 7) is 4.18. The Morgan fingerprint density at radius 1 is 0.882 bits per heavy atom. The third-order valence-corrected chi connectivity index (χ3v) is 2.29. The molecule has 0 fully saturated rings. The zero-order chi connectivity index (χ0) is 12.1. The Kier molecular flexibility index (Phi) is 3.61. The van der Waals surface area contributed by atoms with E-state index in [1.54, 1.807) is 0 Å². The van der Waals surface area contributed by atoms with Gasteiger partial charge in [0.1, 0.15) is 11.5 Å². The molecule has 2 aromatic carbocycles. The predicted octanol–water partition coefficient (Wildman–Crippen LogP) is 4.90. The van der Waals surface area contributed by atoms with Crippen molar-refractivity contribution in [2.75, 3.05) is 0 Å². The van der Waals surface area contributed by atoms with Gasteiger partial charge in [0.05, 0.1) is 0 Å². The monoisotopic (exact) mass is 224 g/mol. The second-order valence-corrected chi connectivity index (χ2v) is 4.21. The van der Waals surface area contributed by atoms with Gasteiger partial charge in [0, 0.05) is 0 Å². The second kappa shape index (κ2) is 5.35. The van der Waals surface area contributed by atoms with Crippen molar-refractivity contribution in [1.82, 2.24) is 0 Å². The van der Waals surface area contributed by atoms with E-state index in [2.05, 4.69) is 26.0 Å². The van der Waals surface area contributed by atoms with Gasteiger partial charge in [-0.2, -0.15) is 0 Å². The first-order valence-corrected chi connectivity index (χ1v) is 5.72. The molecule has 0 aliphatic carbocycles. The van der Waals surface area contributed by atoms with E-state index in [1.807, 2.05) is 48.5 Å². The Balaban J connectivity index is 2.20. The third-order valence-electron chi connectivity index (χ3n) is 2.29. The van der Waals surface area contributed by atoms with E-state index >= 15 is 0 Å². The van der Waals surface area contributed by atoms with Gasteiger partial charge >= 0.3 is 0 Å². The van der Waals surface area contributed by atoms with Gasteiger partial charge in [-0.05, 0) is 43.7 Å². The van der Waals surface area contributed by atoms with E-state index in [9.17, 15) is 0 Å². The lowest BCUT2D eigenvalue weighted by atomic mass is 10.1. The number of hydrogen-bond acceptors (Lipinski definition) is 1. The predicted molar refractivity (Wildman–Crippen MR) is 72.3 cm³/mol. The van der Waals surface area contributed by atoms with Crippen molar-refractivity contribution in [2.24, 2.45) is 0 Å². The molecule has 0 heterocycles. The number of allylic oxidation sites excluding steroid dienone is 1. The van der Waals surface area contributed by atoms with E-state index in [1.165, 1.54) is 11.1 Å². The van der Waals surface area contributed by atoms with E-state index in [-0.39, 0.29) is 0 Å². The van der Waals surface area contributed by atoms with Crippen LogP contribution in [0, 0.1) is 0 Å². The minimum absolute atomic E-state index is 0.863. The van der Waals surface area contributed by atoms with Crippen LogP contribution in [0.2, 0.25) is 0 Å². The fourth-order valence-electron chi connectivity index (χ4n) is 1.63. The van der Waals surface area contributed by atoms with E-state index in [0.717, 1.165) is 11.5 Å². The van der Waals surface area contributed by atoms with Crippen molar-refractivity contribution >= 4 is 6.08 Å². The van der Waals surface area contributed by atoms with Gasteiger partial charge in [0.25, 0.3) is 0 Å². The molecule has 2 aromatic rings. The van der Waals surface area contributed by atoms with Crippen LogP contribution in [0.3, 0.4) is 0 Å². The largest absolute Gasteiger partial charge is 0.457 e. The molecule has 0 unspecified atom stereocenters. The molecule has 0 aliphatic rings. The van der Waals surface area contributed by atoms with E-state index < -0.39 is 0 Å². The number of para-hydroxylation sites is 1. The molecule has 17 heavy (non-hydrogen) atoms. The zero-order valence-electron chi connectivity index (χ0n) is 10.2. The molecule has 0 amide bonds. The first-order valence-electron chi connectivity index (χ1n) is 5.72. The Morgan fingerprint density at radius 3 is 2.29 bits per heavy atom. The zero-order valence-corrected chi connectivity index (χ0v) is 10.2. The summed E-state index contributed by atoms with van der Waals surface area (Å²) in [5.41, 5.74) is 2.44. The highest BCUT2D eigenvalue weighted by molar-refractivity contribution is 5.54. The van der Waals surface area contributed by atoms with Gasteiger partial charge < -0.3 is 4.74 Å². The minimum atomic E-state index is 0.863. The highest BCUT2D eigenvalue weighted by Gasteiger charge is 1.96. The molecule has 0 radical (unpaired) electrons. The van der Waals surface area contributed by atoms with Crippen molar-refractivity contribution in [3.63, 3.8) is 0 Å². The maximum Gasteiger partial charge on any atom is 0.128 e. The molecule has 0 saturated carbocycles. The van der Waals surface area contributed by atoms with Crippen LogP contribution in [-0.2, 0) is 0 Å². The molecule has 0 aliphatic heterocycles. The highest BCUT2D eigenvalue weighted by Crippen LogP contribution is 2.22. The lowest BCUT2D eigenvalue weighted by molar-refractivity contribution is 0.482. The summed E-state index contributed by atoms with van der Waals surface area (Å²) in [4.78, 5) is 0. The average Bonchev–Trinajstić information content (AvgIpc) is 2.30. The van der Waals surface area contributed by atoms with Crippen LogP contribution >= 0.6 is 0 Å². The normalized spacial score (nSPS) is 9.76. The molecule has 1 heteroatoms. The molecular formula is C16H16O. The van der Waals surface area contributed by atoms with Gasteiger partial charge in [-0.15, -0.1) is 0 Å². The van der Waals surface area contributed by atoms with Crippen molar-refractivity contribution in [3.8, 4) is 11.5 Å². The molecular weight excluding hydrogens is 208 g/mol. The minimum Gasteiger partial charge on any atom is -0.457 e. The molecule has 2 rings (SSSR count). The summed E-state index contributed by atoms with van der Waals surface area (Å²) in [6, 6.07) is 17.9. The van der Waals surface area contributed by atoms with Crippen LogP contribution in [0.25, 0.3) is 6.08 Å². The standard InChI is InChI=1S/C16H16O/c1-13(2)11-14-7-6-10-16(12-14)17-15-8-4-3-5-9-15/h3-12H,1-2H3. The molecule has 0 N–H and O–H groups in total. The van der Waals surface area contributed by atoms with Crippen molar-refractivity contribution in [1.29, 1.82) is 0 Å². The van der Waals surface area contributed by atoms with Crippen LogP contribution in [0.1, 0.15) is 19.4 Å². The average molecular weight is 224 g/mol. The summed E-state index contributed by atoms with van der Waals surface area (Å²) >= 11 is 0. The summed E-state index contributed by atoms with van der Waals surface area (Å²) in [5.74, 6) is 1.73. The molecule has 0 saturated heterocycles. The van der Waals surface area contributed by atoms with E-state index in [4.69, 9.17) is 4.74 Å². The number of rotatable bonds is 3. The molecule has 1 nitrogen and oxygen atoms in total. The Hall–Kier alpha value is -2.02. The van der Waals surface area contributed by atoms with Crippen molar-refractivity contribution < 1.29 is 4.74 Å². The summed E-state index contributed by atoms with van der Waals surface area (Å²) in [7, 11) is 0. The maximum absolute atomic E-state index is 5.77. The maximum atomic E-state index is 5.77. The Labute approximate surface area is 102 Å². The van der Waals surface area contributed by atoms with Crippen LogP contribution < -0.4 is 4.74 Å². The quantitative estimate of drug-likeness (QED) is 0.720. The first kappa shape index (κ1) is 11.5. The fraction of sp³-hybridized carbons (Fsp3) is 0.125. The van der Waals surface area contributed by atoms with Gasteiger partial charge in [0.15, 0.2) is 0 Å². The third kappa shape index (κ3) is 3.49. The molecule has 86 valence electrons. The van der Waals surface area contributed by atoms with Crippen LogP contribution in [0.4, 0.5) is 0 Å². The summed E-state index contributed by atoms with van der Waals surface area (Å²) in [6.07, 6.45) is 2.14. The van der Waals surface area contributed by atoms with E-state index in [0.29, 0.717) is 0 Å². The van der Waals surface area contributed by atoms with Gasteiger partial charge in [-0.3, -0.25) is 0 Å². The number of hydrogen-bond donors (Lipinski definition) is 0. The van der Waals surface area contributed by atoms with Crippen LogP contribution in [-0.4, -0.2) is 0 Å². The summed E-state index contributed by atoms with van der Waals surface area (Å²) < 4.78 is 5.77. The van der Waals surface area contributed by atoms with Crippen LogP contribution in [0.15, 0.2) is 60.2 Å². The number of ether oxygens (including phenoxy) is 1. The Morgan fingerprint density at radius 2 is 1.59 bits per heavy atom. The SMILES string of the molecule is CC(C)=Cc1cccc(Oc2ccccc2)c1. The Bertz CT molecular complexity index is 508. The summed E-state index contributed by atoms with van der Waals surface area (Å²) in [5, 5.41) is 0. The molecule has 0 atom stereocenters. The van der Waals surface area contributed by atoms with Crippen LogP contribution in [0.5, 0.6) is 11.5 Å². The molecule has 0 aromatic heterocycles. The smallest absolute Gasteiger partial charge is 0.128 e. The molecule has 0 bridgehead atoms. The highest BCUT2D eigenvalue weighted by atomic mass is 16.5. The fourth-order valence-corrected chi connectivity index (χ4v) is 1.63. The first-order chi connectivity index (χ1) is 8.24. The van der Waals surface area contributed by atoms with Crippen molar-refractivity contribution in [3.05, 3.63) is 65.7 Å². The van der Waals surface area contributed by atoms with Gasteiger partial charge in [-0.1, -0.05) is 42.0 Å². The number of benzene rings is 2. The lowest BCUT2D eigenvalue weighted by Gasteiger charge is -2.06. The second-order valence-electron chi connectivity index (χ2n) is 4.21. The van der Waals surface area contributed by atoms with Gasteiger partial charge in [0.2, 0.25) is 0 Å². The molecule has 0 spiro atoms. The topological polar surface area (TPSA) is 9.23 Å².